The van der Waals surface area contributed by atoms with Crippen LogP contribution in [-0.4, -0.2) is 53.5 Å². The minimum absolute atomic E-state index is 0. The molecular formula is C19H25IN6O2. The van der Waals surface area contributed by atoms with Crippen molar-refractivity contribution in [2.45, 2.75) is 13.5 Å². The van der Waals surface area contributed by atoms with E-state index in [9.17, 15) is 10.1 Å². The van der Waals surface area contributed by atoms with Crippen molar-refractivity contribution in [3.05, 3.63) is 64.3 Å². The SMILES string of the molecule is CCNC(=NCc1ccccc1[N+](=O)[O-])N1CCN(c2ccccn2)CC1.I. The normalized spacial score (nSPS) is 14.4. The summed E-state index contributed by atoms with van der Waals surface area (Å²) in [5.41, 5.74) is 0.724. The summed E-state index contributed by atoms with van der Waals surface area (Å²) in [7, 11) is 0. The zero-order valence-electron chi connectivity index (χ0n) is 15.8. The summed E-state index contributed by atoms with van der Waals surface area (Å²) in [6.07, 6.45) is 1.81. The number of piperazine rings is 1. The van der Waals surface area contributed by atoms with E-state index in [1.54, 1.807) is 24.4 Å². The van der Waals surface area contributed by atoms with E-state index in [4.69, 9.17) is 0 Å². The lowest BCUT2D eigenvalue weighted by Gasteiger charge is -2.37. The van der Waals surface area contributed by atoms with Gasteiger partial charge in [-0.3, -0.25) is 10.1 Å². The highest BCUT2D eigenvalue weighted by Gasteiger charge is 2.20. The molecule has 1 fully saturated rings. The van der Waals surface area contributed by atoms with Crippen molar-refractivity contribution < 1.29 is 4.92 Å². The lowest BCUT2D eigenvalue weighted by Crippen LogP contribution is -2.52. The molecular weight excluding hydrogens is 471 g/mol. The number of nitrogens with one attached hydrogen (secondary N) is 1. The Labute approximate surface area is 181 Å². The van der Waals surface area contributed by atoms with Gasteiger partial charge in [-0.25, -0.2) is 9.98 Å². The second-order valence-electron chi connectivity index (χ2n) is 6.22. The van der Waals surface area contributed by atoms with Crippen LogP contribution in [0.1, 0.15) is 12.5 Å². The Morgan fingerprint density at radius 1 is 1.18 bits per heavy atom. The predicted molar refractivity (Wildman–Crippen MR) is 121 cm³/mol. The fraction of sp³-hybridized carbons (Fsp3) is 0.368. The summed E-state index contributed by atoms with van der Waals surface area (Å²) in [6.45, 7) is 6.39. The maximum absolute atomic E-state index is 11.2. The third-order valence-corrected chi connectivity index (χ3v) is 4.47. The molecule has 0 saturated carbocycles. The fourth-order valence-corrected chi connectivity index (χ4v) is 3.10. The van der Waals surface area contributed by atoms with Crippen molar-refractivity contribution >= 4 is 41.4 Å². The summed E-state index contributed by atoms with van der Waals surface area (Å²) >= 11 is 0. The largest absolute Gasteiger partial charge is 0.357 e. The number of hydrogen-bond acceptors (Lipinski definition) is 5. The number of halogens is 1. The third kappa shape index (κ3) is 5.54. The van der Waals surface area contributed by atoms with Gasteiger partial charge in [-0.15, -0.1) is 24.0 Å². The summed E-state index contributed by atoms with van der Waals surface area (Å²) in [5, 5.41) is 14.5. The molecule has 1 aliphatic heterocycles. The number of nitro groups is 1. The van der Waals surface area contributed by atoms with Crippen LogP contribution >= 0.6 is 24.0 Å². The summed E-state index contributed by atoms with van der Waals surface area (Å²) in [6, 6.07) is 12.7. The molecule has 0 aliphatic carbocycles. The monoisotopic (exact) mass is 496 g/mol. The van der Waals surface area contributed by atoms with Gasteiger partial charge in [0.1, 0.15) is 5.82 Å². The number of nitrogens with zero attached hydrogens (tertiary/aromatic N) is 5. The number of nitro benzene ring substituents is 1. The first-order chi connectivity index (χ1) is 13.2. The van der Waals surface area contributed by atoms with Gasteiger partial charge >= 0.3 is 0 Å². The van der Waals surface area contributed by atoms with E-state index in [1.165, 1.54) is 6.07 Å². The molecule has 9 heteroatoms. The topological polar surface area (TPSA) is 86.9 Å². The molecule has 28 heavy (non-hydrogen) atoms. The first-order valence-electron chi connectivity index (χ1n) is 9.10. The minimum Gasteiger partial charge on any atom is -0.357 e. The lowest BCUT2D eigenvalue weighted by molar-refractivity contribution is -0.385. The van der Waals surface area contributed by atoms with Gasteiger partial charge in [-0.05, 0) is 19.1 Å². The maximum Gasteiger partial charge on any atom is 0.274 e. The Morgan fingerprint density at radius 2 is 1.89 bits per heavy atom. The van der Waals surface area contributed by atoms with Gasteiger partial charge < -0.3 is 15.1 Å². The second kappa shape index (κ2) is 10.8. The molecule has 150 valence electrons. The lowest BCUT2D eigenvalue weighted by atomic mass is 10.2. The van der Waals surface area contributed by atoms with Crippen LogP contribution < -0.4 is 10.2 Å². The van der Waals surface area contributed by atoms with Gasteiger partial charge in [0.05, 0.1) is 17.0 Å². The van der Waals surface area contributed by atoms with E-state index in [0.717, 1.165) is 44.5 Å². The molecule has 2 heterocycles. The van der Waals surface area contributed by atoms with Crippen LogP contribution in [0.2, 0.25) is 0 Å². The number of pyridine rings is 1. The average Bonchev–Trinajstić information content (AvgIpc) is 2.72. The van der Waals surface area contributed by atoms with Crippen LogP contribution in [-0.2, 0) is 6.54 Å². The van der Waals surface area contributed by atoms with Crippen molar-refractivity contribution in [1.82, 2.24) is 15.2 Å². The van der Waals surface area contributed by atoms with Gasteiger partial charge in [0.2, 0.25) is 0 Å². The van der Waals surface area contributed by atoms with E-state index in [0.29, 0.717) is 5.56 Å². The molecule has 1 aromatic carbocycles. The first-order valence-corrected chi connectivity index (χ1v) is 9.10. The summed E-state index contributed by atoms with van der Waals surface area (Å²) < 4.78 is 0. The highest BCUT2D eigenvalue weighted by molar-refractivity contribution is 14.0. The van der Waals surface area contributed by atoms with Gasteiger partial charge in [-0.1, -0.05) is 24.3 Å². The van der Waals surface area contributed by atoms with Crippen LogP contribution in [0.15, 0.2) is 53.7 Å². The molecule has 0 atom stereocenters. The van der Waals surface area contributed by atoms with E-state index in [1.807, 2.05) is 25.1 Å². The molecule has 0 bridgehead atoms. The quantitative estimate of drug-likeness (QED) is 0.225. The number of guanidine groups is 1. The third-order valence-electron chi connectivity index (χ3n) is 4.47. The molecule has 0 amide bonds. The van der Waals surface area contributed by atoms with Crippen molar-refractivity contribution in [3.63, 3.8) is 0 Å². The van der Waals surface area contributed by atoms with E-state index < -0.39 is 0 Å². The van der Waals surface area contributed by atoms with Crippen molar-refractivity contribution in [2.75, 3.05) is 37.6 Å². The highest BCUT2D eigenvalue weighted by atomic mass is 127. The molecule has 1 N–H and O–H groups in total. The Balaban J connectivity index is 0.00000280. The van der Waals surface area contributed by atoms with E-state index in [-0.39, 0.29) is 41.1 Å². The molecule has 0 radical (unpaired) electrons. The van der Waals surface area contributed by atoms with Gasteiger partial charge in [-0.2, -0.15) is 0 Å². The Morgan fingerprint density at radius 3 is 2.54 bits per heavy atom. The van der Waals surface area contributed by atoms with Crippen LogP contribution in [0.3, 0.4) is 0 Å². The Kier molecular flexibility index (Phi) is 8.42. The molecule has 3 rings (SSSR count). The summed E-state index contributed by atoms with van der Waals surface area (Å²) in [5.74, 6) is 1.77. The van der Waals surface area contributed by atoms with Crippen LogP contribution in [0.5, 0.6) is 0 Å². The molecule has 1 saturated heterocycles. The first kappa shape index (κ1) is 21.9. The molecule has 0 unspecified atom stereocenters. The zero-order chi connectivity index (χ0) is 19.1. The standard InChI is InChI=1S/C19H24N6O2.HI/c1-2-20-19(22-15-16-7-3-4-8-17(16)25(26)27)24-13-11-23(12-14-24)18-9-5-6-10-21-18;/h3-10H,2,11-15H2,1H3,(H,20,22);1H. The fourth-order valence-electron chi connectivity index (χ4n) is 3.10. The number of para-hydroxylation sites is 1. The van der Waals surface area contributed by atoms with Crippen LogP contribution in [0.25, 0.3) is 0 Å². The molecule has 2 aromatic rings. The smallest absolute Gasteiger partial charge is 0.274 e. The Bertz CT molecular complexity index is 794. The van der Waals surface area contributed by atoms with Crippen LogP contribution in [0, 0.1) is 10.1 Å². The zero-order valence-corrected chi connectivity index (χ0v) is 18.2. The van der Waals surface area contributed by atoms with Crippen LogP contribution in [0.4, 0.5) is 11.5 Å². The maximum atomic E-state index is 11.2. The number of aromatic nitrogens is 1. The van der Waals surface area contributed by atoms with Gasteiger partial charge in [0, 0.05) is 45.0 Å². The molecule has 8 nitrogen and oxygen atoms in total. The minimum atomic E-state index is -0.358. The highest BCUT2D eigenvalue weighted by Crippen LogP contribution is 2.19. The van der Waals surface area contributed by atoms with Crippen molar-refractivity contribution in [1.29, 1.82) is 0 Å². The van der Waals surface area contributed by atoms with Crippen molar-refractivity contribution in [3.8, 4) is 0 Å². The number of rotatable bonds is 5. The number of aliphatic imine (C=N–C) groups is 1. The number of anilines is 1. The second-order valence-corrected chi connectivity index (χ2v) is 6.22. The Hall–Kier alpha value is -2.43. The van der Waals surface area contributed by atoms with Crippen molar-refractivity contribution in [2.24, 2.45) is 4.99 Å². The van der Waals surface area contributed by atoms with E-state index >= 15 is 0 Å². The van der Waals surface area contributed by atoms with Gasteiger partial charge in [0.25, 0.3) is 5.69 Å². The average molecular weight is 496 g/mol. The van der Waals surface area contributed by atoms with Gasteiger partial charge in [0.15, 0.2) is 5.96 Å². The van der Waals surface area contributed by atoms with E-state index in [2.05, 4.69) is 25.1 Å². The predicted octanol–water partition coefficient (Wildman–Crippen LogP) is 2.90. The number of benzene rings is 1. The molecule has 1 aromatic heterocycles. The molecule has 1 aliphatic rings. The molecule has 0 spiro atoms. The summed E-state index contributed by atoms with van der Waals surface area (Å²) in [4.78, 5) is 24.3. The number of hydrogen-bond donors (Lipinski definition) is 1.